The number of benzene rings is 1. The van der Waals surface area contributed by atoms with Gasteiger partial charge in [-0.3, -0.25) is 9.89 Å². The molecule has 0 aromatic heterocycles. The molecular formula is C21H37IN4O. The fourth-order valence-electron chi connectivity index (χ4n) is 2.79. The van der Waals surface area contributed by atoms with E-state index in [0.29, 0.717) is 0 Å². The van der Waals surface area contributed by atoms with E-state index in [1.165, 1.54) is 24.0 Å². The van der Waals surface area contributed by atoms with Crippen LogP contribution >= 0.6 is 24.0 Å². The Kier molecular flexibility index (Phi) is 12.7. The van der Waals surface area contributed by atoms with Crippen molar-refractivity contribution in [2.75, 3.05) is 39.9 Å². The molecule has 0 spiro atoms. The van der Waals surface area contributed by atoms with Crippen molar-refractivity contribution in [3.05, 3.63) is 35.4 Å². The van der Waals surface area contributed by atoms with Crippen LogP contribution in [-0.4, -0.2) is 50.8 Å². The maximum atomic E-state index is 5.65. The van der Waals surface area contributed by atoms with Crippen molar-refractivity contribution in [3.63, 3.8) is 0 Å². The summed E-state index contributed by atoms with van der Waals surface area (Å²) in [5, 5.41) is 6.72. The average molecular weight is 488 g/mol. The second-order valence-electron chi connectivity index (χ2n) is 7.00. The summed E-state index contributed by atoms with van der Waals surface area (Å²) in [4.78, 5) is 6.71. The minimum Gasteiger partial charge on any atom is -0.381 e. The van der Waals surface area contributed by atoms with Crippen molar-refractivity contribution in [3.8, 4) is 0 Å². The van der Waals surface area contributed by atoms with E-state index in [1.54, 1.807) is 0 Å². The maximum Gasteiger partial charge on any atom is 0.191 e. The van der Waals surface area contributed by atoms with Crippen molar-refractivity contribution in [2.24, 2.45) is 10.9 Å². The Morgan fingerprint density at radius 1 is 1.11 bits per heavy atom. The smallest absolute Gasteiger partial charge is 0.191 e. The minimum atomic E-state index is 0. The standard InChI is InChI=1S/C21H36N4O.HI/c1-4-25(5-2)16-19-9-7-18(8-10-19)15-24-21(22-3)23-13-6-14-26-17-20-11-12-20;/h7-10,20H,4-6,11-17H2,1-3H3,(H2,22,23,24);1H. The molecule has 2 N–H and O–H groups in total. The molecule has 0 saturated heterocycles. The molecule has 1 aliphatic rings. The number of nitrogens with zero attached hydrogens (tertiary/aromatic N) is 2. The number of rotatable bonds is 12. The lowest BCUT2D eigenvalue weighted by Crippen LogP contribution is -2.37. The summed E-state index contributed by atoms with van der Waals surface area (Å²) in [5.74, 6) is 1.69. The van der Waals surface area contributed by atoms with Crippen LogP contribution in [0.5, 0.6) is 0 Å². The topological polar surface area (TPSA) is 48.9 Å². The van der Waals surface area contributed by atoms with Gasteiger partial charge in [0, 0.05) is 39.9 Å². The van der Waals surface area contributed by atoms with E-state index in [-0.39, 0.29) is 24.0 Å². The second kappa shape index (κ2) is 14.2. The molecule has 0 radical (unpaired) electrons. The van der Waals surface area contributed by atoms with Gasteiger partial charge >= 0.3 is 0 Å². The van der Waals surface area contributed by atoms with Gasteiger partial charge in [-0.05, 0) is 49.4 Å². The van der Waals surface area contributed by atoms with Gasteiger partial charge in [-0.25, -0.2) is 0 Å². The fourth-order valence-corrected chi connectivity index (χ4v) is 2.79. The molecule has 2 rings (SSSR count). The molecule has 0 amide bonds. The van der Waals surface area contributed by atoms with Crippen LogP contribution in [0.2, 0.25) is 0 Å². The Morgan fingerprint density at radius 2 is 1.78 bits per heavy atom. The van der Waals surface area contributed by atoms with E-state index in [4.69, 9.17) is 4.74 Å². The van der Waals surface area contributed by atoms with Gasteiger partial charge in [0.2, 0.25) is 0 Å². The zero-order valence-corrected chi connectivity index (χ0v) is 19.5. The number of hydrogen-bond acceptors (Lipinski definition) is 3. The Morgan fingerprint density at radius 3 is 2.37 bits per heavy atom. The number of hydrogen-bond donors (Lipinski definition) is 2. The summed E-state index contributed by atoms with van der Waals surface area (Å²) in [6, 6.07) is 8.85. The lowest BCUT2D eigenvalue weighted by Gasteiger charge is -2.18. The van der Waals surface area contributed by atoms with Gasteiger partial charge in [-0.2, -0.15) is 0 Å². The first-order valence-corrected chi connectivity index (χ1v) is 10.1. The van der Waals surface area contributed by atoms with Crippen LogP contribution in [0.25, 0.3) is 0 Å². The lowest BCUT2D eigenvalue weighted by molar-refractivity contribution is 0.123. The first-order valence-electron chi connectivity index (χ1n) is 10.1. The molecular weight excluding hydrogens is 451 g/mol. The Balaban J connectivity index is 0.00000364. The monoisotopic (exact) mass is 488 g/mol. The van der Waals surface area contributed by atoms with Crippen molar-refractivity contribution in [1.29, 1.82) is 0 Å². The number of guanidine groups is 1. The van der Waals surface area contributed by atoms with E-state index >= 15 is 0 Å². The van der Waals surface area contributed by atoms with Gasteiger partial charge in [-0.1, -0.05) is 38.1 Å². The molecule has 27 heavy (non-hydrogen) atoms. The summed E-state index contributed by atoms with van der Waals surface area (Å²) in [6.45, 7) is 11.1. The number of aliphatic imine (C=N–C) groups is 1. The van der Waals surface area contributed by atoms with Gasteiger partial charge in [0.25, 0.3) is 0 Å². The fraction of sp³-hybridized carbons (Fsp3) is 0.667. The molecule has 0 unspecified atom stereocenters. The van der Waals surface area contributed by atoms with Gasteiger partial charge in [0.05, 0.1) is 0 Å². The normalized spacial score (nSPS) is 14.1. The van der Waals surface area contributed by atoms with Crippen LogP contribution in [0.15, 0.2) is 29.3 Å². The summed E-state index contributed by atoms with van der Waals surface area (Å²) in [6.07, 6.45) is 3.71. The first-order chi connectivity index (χ1) is 12.7. The number of ether oxygens (including phenoxy) is 1. The molecule has 154 valence electrons. The van der Waals surface area contributed by atoms with Crippen LogP contribution < -0.4 is 10.6 Å². The third-order valence-electron chi connectivity index (χ3n) is 4.82. The predicted molar refractivity (Wildman–Crippen MR) is 125 cm³/mol. The SMILES string of the molecule is CCN(CC)Cc1ccc(CNC(=NC)NCCCOCC2CC2)cc1.I. The van der Waals surface area contributed by atoms with Gasteiger partial charge in [0.1, 0.15) is 0 Å². The van der Waals surface area contributed by atoms with Crippen LogP contribution in [0.1, 0.15) is 44.2 Å². The molecule has 1 saturated carbocycles. The van der Waals surface area contributed by atoms with Gasteiger partial charge in [0.15, 0.2) is 5.96 Å². The van der Waals surface area contributed by atoms with E-state index in [0.717, 1.165) is 64.2 Å². The minimum absolute atomic E-state index is 0. The number of halogens is 1. The summed E-state index contributed by atoms with van der Waals surface area (Å²) in [7, 11) is 1.81. The third kappa shape index (κ3) is 10.3. The van der Waals surface area contributed by atoms with Crippen LogP contribution in [0.4, 0.5) is 0 Å². The Bertz CT molecular complexity index is 527. The first kappa shape index (κ1) is 24.2. The quantitative estimate of drug-likeness (QED) is 0.204. The van der Waals surface area contributed by atoms with Gasteiger partial charge in [-0.15, -0.1) is 24.0 Å². The van der Waals surface area contributed by atoms with E-state index in [9.17, 15) is 0 Å². The van der Waals surface area contributed by atoms with Crippen LogP contribution in [0, 0.1) is 5.92 Å². The van der Waals surface area contributed by atoms with Gasteiger partial charge < -0.3 is 15.4 Å². The summed E-state index contributed by atoms with van der Waals surface area (Å²) < 4.78 is 5.65. The third-order valence-corrected chi connectivity index (χ3v) is 4.82. The van der Waals surface area contributed by atoms with Crippen molar-refractivity contribution in [2.45, 2.75) is 46.2 Å². The molecule has 0 atom stereocenters. The molecule has 0 bridgehead atoms. The number of nitrogens with one attached hydrogen (secondary N) is 2. The molecule has 0 aliphatic heterocycles. The molecule has 1 aliphatic carbocycles. The Hall–Kier alpha value is -0.860. The summed E-state index contributed by atoms with van der Waals surface area (Å²) in [5.41, 5.74) is 2.63. The Labute approximate surface area is 182 Å². The highest BCUT2D eigenvalue weighted by Gasteiger charge is 2.20. The average Bonchev–Trinajstić information content (AvgIpc) is 3.50. The highest BCUT2D eigenvalue weighted by atomic mass is 127. The molecule has 1 aromatic carbocycles. The van der Waals surface area contributed by atoms with Crippen molar-refractivity contribution in [1.82, 2.24) is 15.5 Å². The predicted octanol–water partition coefficient (Wildman–Crippen LogP) is 3.63. The van der Waals surface area contributed by atoms with E-state index in [2.05, 4.69) is 58.6 Å². The largest absolute Gasteiger partial charge is 0.381 e. The van der Waals surface area contributed by atoms with E-state index < -0.39 is 0 Å². The zero-order chi connectivity index (χ0) is 18.6. The molecule has 5 nitrogen and oxygen atoms in total. The van der Waals surface area contributed by atoms with Crippen LogP contribution in [0.3, 0.4) is 0 Å². The highest BCUT2D eigenvalue weighted by Crippen LogP contribution is 2.28. The second-order valence-corrected chi connectivity index (χ2v) is 7.00. The zero-order valence-electron chi connectivity index (χ0n) is 17.2. The highest BCUT2D eigenvalue weighted by molar-refractivity contribution is 14.0. The van der Waals surface area contributed by atoms with Crippen LogP contribution in [-0.2, 0) is 17.8 Å². The molecule has 1 fully saturated rings. The molecule has 6 heteroatoms. The van der Waals surface area contributed by atoms with Crippen molar-refractivity contribution < 1.29 is 4.74 Å². The van der Waals surface area contributed by atoms with E-state index in [1.807, 2.05) is 7.05 Å². The van der Waals surface area contributed by atoms with Crippen molar-refractivity contribution >= 4 is 29.9 Å². The lowest BCUT2D eigenvalue weighted by atomic mass is 10.1. The molecule has 1 aromatic rings. The molecule has 0 heterocycles. The summed E-state index contributed by atoms with van der Waals surface area (Å²) >= 11 is 0. The maximum absolute atomic E-state index is 5.65.